The highest BCUT2D eigenvalue weighted by Crippen LogP contribution is 2.48. The summed E-state index contributed by atoms with van der Waals surface area (Å²) in [6, 6.07) is 11.6. The summed E-state index contributed by atoms with van der Waals surface area (Å²) in [4.78, 5) is 39.7. The van der Waals surface area contributed by atoms with Crippen LogP contribution in [0.2, 0.25) is 0 Å². The van der Waals surface area contributed by atoms with Crippen molar-refractivity contribution in [3.05, 3.63) is 76.5 Å². The highest BCUT2D eigenvalue weighted by Gasteiger charge is 2.46. The largest absolute Gasteiger partial charge is 0.469 e. The van der Waals surface area contributed by atoms with Crippen molar-refractivity contribution in [2.75, 3.05) is 17.8 Å². The van der Waals surface area contributed by atoms with Crippen molar-refractivity contribution >= 4 is 35.4 Å². The fourth-order valence-corrected chi connectivity index (χ4v) is 5.43. The second kappa shape index (κ2) is 10.7. The van der Waals surface area contributed by atoms with Crippen LogP contribution in [-0.2, 0) is 20.5 Å². The number of allylic oxidation sites excluding steroid dienone is 1. The molecule has 0 radical (unpaired) electrons. The predicted molar refractivity (Wildman–Crippen MR) is 130 cm³/mol. The topological polar surface area (TPSA) is 90.7 Å². The molecular weight excluding hydrogens is 507 g/mol. The molecular formula is C26H22F3N3O4S. The lowest BCUT2D eigenvalue weighted by atomic mass is 9.94. The average Bonchev–Trinajstić information content (AvgIpc) is 3.26. The van der Waals surface area contributed by atoms with Gasteiger partial charge < -0.3 is 4.74 Å². The molecule has 1 aliphatic carbocycles. The van der Waals surface area contributed by atoms with Gasteiger partial charge in [0.2, 0.25) is 0 Å². The minimum absolute atomic E-state index is 0.0143. The van der Waals surface area contributed by atoms with E-state index in [1.807, 2.05) is 6.07 Å². The molecule has 7 nitrogen and oxygen atoms in total. The number of alkyl halides is 3. The summed E-state index contributed by atoms with van der Waals surface area (Å²) in [6.07, 6.45) is -3.77. The number of esters is 1. The zero-order valence-electron chi connectivity index (χ0n) is 19.7. The highest BCUT2D eigenvalue weighted by molar-refractivity contribution is 7.97. The molecule has 1 aliphatic heterocycles. The lowest BCUT2D eigenvalue weighted by molar-refractivity contribution is -0.140. The first-order chi connectivity index (χ1) is 17.7. The second-order valence-corrected chi connectivity index (χ2v) is 9.48. The van der Waals surface area contributed by atoms with E-state index in [-0.39, 0.29) is 30.7 Å². The SMILES string of the molecule is COC(=O)CCCSN1C(=O)N(c2cccc(C(F)(F)F)c2)C2=C(C(=O)CC2)C1c1ccc(C#N)cc1. The maximum absolute atomic E-state index is 13.9. The first-order valence-corrected chi connectivity index (χ1v) is 12.4. The van der Waals surface area contributed by atoms with Crippen LogP contribution in [0.15, 0.2) is 59.8 Å². The Hall–Kier alpha value is -3.78. The molecule has 1 unspecified atom stereocenters. The van der Waals surface area contributed by atoms with Crippen molar-refractivity contribution in [1.82, 2.24) is 4.31 Å². The molecule has 2 aliphatic rings. The van der Waals surface area contributed by atoms with Crippen LogP contribution in [0.5, 0.6) is 0 Å². The molecule has 37 heavy (non-hydrogen) atoms. The van der Waals surface area contributed by atoms with E-state index in [1.54, 1.807) is 24.3 Å². The van der Waals surface area contributed by atoms with E-state index in [0.29, 0.717) is 34.6 Å². The summed E-state index contributed by atoms with van der Waals surface area (Å²) >= 11 is 1.09. The van der Waals surface area contributed by atoms with Gasteiger partial charge in [0.05, 0.1) is 30.0 Å². The number of urea groups is 1. The fourth-order valence-electron chi connectivity index (χ4n) is 4.39. The third kappa shape index (κ3) is 5.34. The summed E-state index contributed by atoms with van der Waals surface area (Å²) in [7, 11) is 1.28. The third-order valence-corrected chi connectivity index (χ3v) is 7.24. The van der Waals surface area contributed by atoms with Crippen molar-refractivity contribution in [2.24, 2.45) is 0 Å². The molecule has 0 fully saturated rings. The number of ketones is 1. The van der Waals surface area contributed by atoms with Crippen LogP contribution in [0.1, 0.15) is 48.4 Å². The van der Waals surface area contributed by atoms with Gasteiger partial charge in [-0.05, 0) is 60.7 Å². The van der Waals surface area contributed by atoms with Crippen LogP contribution in [-0.4, -0.2) is 35.0 Å². The van der Waals surface area contributed by atoms with Crippen molar-refractivity contribution in [3.8, 4) is 6.07 Å². The van der Waals surface area contributed by atoms with E-state index < -0.39 is 29.8 Å². The zero-order chi connectivity index (χ0) is 26.7. The van der Waals surface area contributed by atoms with E-state index in [0.717, 1.165) is 24.1 Å². The van der Waals surface area contributed by atoms with Crippen molar-refractivity contribution in [3.63, 3.8) is 0 Å². The highest BCUT2D eigenvalue weighted by atomic mass is 32.2. The van der Waals surface area contributed by atoms with Gasteiger partial charge in [-0.2, -0.15) is 18.4 Å². The van der Waals surface area contributed by atoms with Gasteiger partial charge in [-0.1, -0.05) is 18.2 Å². The number of nitrogens with zero attached hydrogens (tertiary/aromatic N) is 3. The zero-order valence-corrected chi connectivity index (χ0v) is 20.6. The summed E-state index contributed by atoms with van der Waals surface area (Å²) in [6.45, 7) is 0. The number of methoxy groups -OCH3 is 1. The van der Waals surface area contributed by atoms with Crippen LogP contribution >= 0.6 is 11.9 Å². The van der Waals surface area contributed by atoms with Crippen LogP contribution in [0.4, 0.5) is 23.7 Å². The van der Waals surface area contributed by atoms with E-state index in [4.69, 9.17) is 5.26 Å². The number of Topliss-reactive ketones (excluding diaryl/α,β-unsaturated/α-hetero) is 1. The first-order valence-electron chi connectivity index (χ1n) is 11.4. The molecule has 0 N–H and O–H groups in total. The first kappa shape index (κ1) is 26.3. The number of hydrogen-bond acceptors (Lipinski definition) is 6. The Morgan fingerprint density at radius 1 is 1.16 bits per heavy atom. The van der Waals surface area contributed by atoms with Gasteiger partial charge in [-0.3, -0.25) is 18.8 Å². The number of carbonyl (C=O) groups is 3. The van der Waals surface area contributed by atoms with Crippen LogP contribution in [0.25, 0.3) is 0 Å². The minimum atomic E-state index is -4.61. The molecule has 0 saturated heterocycles. The van der Waals surface area contributed by atoms with E-state index in [9.17, 15) is 27.6 Å². The normalized spacial score (nSPS) is 17.6. The minimum Gasteiger partial charge on any atom is -0.469 e. The number of rotatable bonds is 7. The number of amides is 2. The molecule has 2 aromatic carbocycles. The Labute approximate surface area is 215 Å². The quantitative estimate of drug-likeness (QED) is 0.257. The molecule has 0 saturated carbocycles. The number of hydrogen-bond donors (Lipinski definition) is 0. The Balaban J connectivity index is 1.79. The molecule has 0 bridgehead atoms. The van der Waals surface area contributed by atoms with Gasteiger partial charge in [0.1, 0.15) is 6.04 Å². The Kier molecular flexibility index (Phi) is 7.59. The smallest absolute Gasteiger partial charge is 0.416 e. The lowest BCUT2D eigenvalue weighted by Gasteiger charge is -2.41. The molecule has 1 heterocycles. The Bertz CT molecular complexity index is 1300. The van der Waals surface area contributed by atoms with Crippen LogP contribution in [0, 0.1) is 11.3 Å². The third-order valence-electron chi connectivity index (χ3n) is 6.13. The van der Waals surface area contributed by atoms with Gasteiger partial charge >= 0.3 is 18.2 Å². The second-order valence-electron chi connectivity index (χ2n) is 8.42. The van der Waals surface area contributed by atoms with E-state index in [1.165, 1.54) is 28.4 Å². The summed E-state index contributed by atoms with van der Waals surface area (Å²) in [5, 5.41) is 9.17. The molecule has 0 spiro atoms. The van der Waals surface area contributed by atoms with Gasteiger partial charge in [0, 0.05) is 29.9 Å². The van der Waals surface area contributed by atoms with Gasteiger partial charge in [0.15, 0.2) is 5.78 Å². The van der Waals surface area contributed by atoms with Gasteiger partial charge in [-0.15, -0.1) is 0 Å². The lowest BCUT2D eigenvalue weighted by Crippen LogP contribution is -2.47. The van der Waals surface area contributed by atoms with Crippen LogP contribution in [0.3, 0.4) is 0 Å². The molecule has 192 valence electrons. The number of carbonyl (C=O) groups excluding carboxylic acids is 3. The maximum Gasteiger partial charge on any atom is 0.416 e. The van der Waals surface area contributed by atoms with Gasteiger partial charge in [0.25, 0.3) is 0 Å². The fraction of sp³-hybridized carbons (Fsp3) is 0.308. The summed E-state index contributed by atoms with van der Waals surface area (Å²) < 4.78 is 46.3. The number of ether oxygens (including phenoxy) is 1. The average molecular weight is 530 g/mol. The van der Waals surface area contributed by atoms with Gasteiger partial charge in [-0.25, -0.2) is 4.79 Å². The predicted octanol–water partition coefficient (Wildman–Crippen LogP) is 5.78. The molecule has 11 heteroatoms. The van der Waals surface area contributed by atoms with Crippen LogP contribution < -0.4 is 4.90 Å². The molecule has 2 aromatic rings. The molecule has 1 atom stereocenters. The number of benzene rings is 2. The summed E-state index contributed by atoms with van der Waals surface area (Å²) in [5.41, 5.74) is 0.813. The van der Waals surface area contributed by atoms with E-state index >= 15 is 0 Å². The number of halogens is 3. The summed E-state index contributed by atoms with van der Waals surface area (Å²) in [5.74, 6) is -0.286. The van der Waals surface area contributed by atoms with Crippen molar-refractivity contribution < 1.29 is 32.3 Å². The van der Waals surface area contributed by atoms with Crippen molar-refractivity contribution in [1.29, 1.82) is 5.26 Å². The van der Waals surface area contributed by atoms with Crippen molar-refractivity contribution in [2.45, 2.75) is 37.9 Å². The monoisotopic (exact) mass is 529 g/mol. The standard InChI is InChI=1S/C26H22F3N3O4S/c1-36-22(34)6-3-13-37-32-24(17-9-7-16(15-30)8-10-17)23-20(11-12-21(23)33)31(25(32)35)19-5-2-4-18(14-19)26(27,28)29/h2,4-5,7-10,14,24H,3,6,11-13H2,1H3. The molecule has 0 aromatic heterocycles. The number of nitriles is 1. The number of anilines is 1. The molecule has 2 amide bonds. The molecule has 4 rings (SSSR count). The Morgan fingerprint density at radius 2 is 1.89 bits per heavy atom. The Morgan fingerprint density at radius 3 is 2.54 bits per heavy atom. The van der Waals surface area contributed by atoms with E-state index in [2.05, 4.69) is 4.74 Å². The maximum atomic E-state index is 13.9.